The molecule has 0 radical (unpaired) electrons. The van der Waals surface area contributed by atoms with Crippen LogP contribution < -0.4 is 17.7 Å². The van der Waals surface area contributed by atoms with Gasteiger partial charge in [0.05, 0.1) is 20.6 Å². The minimum absolute atomic E-state index is 0. The molecule has 0 saturated heterocycles. The van der Waals surface area contributed by atoms with Crippen molar-refractivity contribution in [1.29, 1.82) is 0 Å². The van der Waals surface area contributed by atoms with Gasteiger partial charge in [-0.1, -0.05) is 13.8 Å². The number of nitrogens with one attached hydrogen (secondary N) is 1. The molecule has 0 saturated carbocycles. The largest absolute Gasteiger partial charge is 1.00 e. The summed E-state index contributed by atoms with van der Waals surface area (Å²) >= 11 is 0. The summed E-state index contributed by atoms with van der Waals surface area (Å²) in [4.78, 5) is 11.2. The van der Waals surface area contributed by atoms with E-state index in [9.17, 15) is 4.79 Å². The number of amides is 1. The van der Waals surface area contributed by atoms with Crippen molar-refractivity contribution in [2.24, 2.45) is 0 Å². The molecule has 4 heteroatoms. The van der Waals surface area contributed by atoms with E-state index in [1.165, 1.54) is 0 Å². The van der Waals surface area contributed by atoms with Crippen LogP contribution in [0.2, 0.25) is 0 Å². The van der Waals surface area contributed by atoms with Crippen molar-refractivity contribution in [3.05, 3.63) is 0 Å². The average molecular weight is 223 g/mol. The molecule has 0 aliphatic heterocycles. The molecule has 0 heterocycles. The fourth-order valence-corrected chi connectivity index (χ4v) is 1.30. The molecule has 0 spiro atoms. The summed E-state index contributed by atoms with van der Waals surface area (Å²) in [5.74, 6) is 0.171. The summed E-state index contributed by atoms with van der Waals surface area (Å²) in [5.41, 5.74) is 0. The van der Waals surface area contributed by atoms with Crippen LogP contribution in [0.25, 0.3) is 0 Å². The van der Waals surface area contributed by atoms with Gasteiger partial charge in [-0.3, -0.25) is 4.79 Å². The molecule has 1 amide bonds. The number of carbonyl (C=O) groups excluding carboxylic acids is 1. The van der Waals surface area contributed by atoms with Gasteiger partial charge in [-0.2, -0.15) is 0 Å². The van der Waals surface area contributed by atoms with Gasteiger partial charge in [-0.05, 0) is 12.8 Å². The first kappa shape index (κ1) is 16.2. The molecular formula is C10H23ClN2O. The first-order valence-corrected chi connectivity index (χ1v) is 5.10. The molecule has 0 bridgehead atoms. The van der Waals surface area contributed by atoms with Crippen LogP contribution >= 0.6 is 0 Å². The van der Waals surface area contributed by atoms with Crippen molar-refractivity contribution in [3.8, 4) is 0 Å². The molecule has 0 aliphatic carbocycles. The van der Waals surface area contributed by atoms with Crippen LogP contribution in [0.3, 0.4) is 0 Å². The van der Waals surface area contributed by atoms with E-state index in [4.69, 9.17) is 0 Å². The molecule has 0 fully saturated rings. The normalized spacial score (nSPS) is 10.6. The van der Waals surface area contributed by atoms with E-state index in [0.29, 0.717) is 6.42 Å². The van der Waals surface area contributed by atoms with Gasteiger partial charge >= 0.3 is 0 Å². The Hall–Kier alpha value is -0.280. The summed E-state index contributed by atoms with van der Waals surface area (Å²) in [7, 11) is 4.27. The number of halogens is 1. The molecular weight excluding hydrogens is 200 g/mol. The number of nitrogens with zero attached hydrogens (tertiary/aromatic N) is 1. The quantitative estimate of drug-likeness (QED) is 0.424. The van der Waals surface area contributed by atoms with Crippen molar-refractivity contribution in [2.45, 2.75) is 33.1 Å². The van der Waals surface area contributed by atoms with E-state index in [1.807, 2.05) is 6.92 Å². The smallest absolute Gasteiger partial charge is 0.224 e. The molecule has 0 unspecified atom stereocenters. The van der Waals surface area contributed by atoms with Crippen LogP contribution in [0, 0.1) is 0 Å². The van der Waals surface area contributed by atoms with Gasteiger partial charge in [0, 0.05) is 6.42 Å². The minimum atomic E-state index is 0. The minimum Gasteiger partial charge on any atom is -1.00 e. The molecule has 1 N–H and O–H groups in total. The zero-order chi connectivity index (χ0) is 10.3. The highest BCUT2D eigenvalue weighted by Crippen LogP contribution is 1.96. The molecule has 0 atom stereocenters. The number of hydrogen-bond acceptors (Lipinski definition) is 1. The summed E-state index contributed by atoms with van der Waals surface area (Å²) in [6.07, 6.45) is 2.72. The molecule has 0 aromatic rings. The third-order valence-electron chi connectivity index (χ3n) is 2.01. The Labute approximate surface area is 93.9 Å². The van der Waals surface area contributed by atoms with Crippen LogP contribution in [0.5, 0.6) is 0 Å². The molecule has 86 valence electrons. The van der Waals surface area contributed by atoms with Crippen LogP contribution in [0.15, 0.2) is 0 Å². The van der Waals surface area contributed by atoms with Crippen LogP contribution in [0.1, 0.15) is 33.1 Å². The molecule has 0 rings (SSSR count). The van der Waals surface area contributed by atoms with Crippen molar-refractivity contribution in [2.75, 3.05) is 27.3 Å². The fraction of sp³-hybridized carbons (Fsp3) is 0.900. The summed E-state index contributed by atoms with van der Waals surface area (Å²) in [5, 5.41) is 2.94. The van der Waals surface area contributed by atoms with Crippen molar-refractivity contribution >= 4 is 5.91 Å². The van der Waals surface area contributed by atoms with Crippen molar-refractivity contribution in [1.82, 2.24) is 5.32 Å². The Morgan fingerprint density at radius 2 is 1.79 bits per heavy atom. The highest BCUT2D eigenvalue weighted by atomic mass is 35.5. The van der Waals surface area contributed by atoms with E-state index >= 15 is 0 Å². The van der Waals surface area contributed by atoms with Crippen molar-refractivity contribution in [3.63, 3.8) is 0 Å². The number of quaternary nitrogens is 1. The predicted octanol–water partition coefficient (Wildman–Crippen LogP) is -1.65. The first-order valence-electron chi connectivity index (χ1n) is 5.10. The van der Waals surface area contributed by atoms with E-state index < -0.39 is 0 Å². The average Bonchev–Trinajstić information content (AvgIpc) is 2.02. The number of rotatable bonds is 6. The van der Waals surface area contributed by atoms with Crippen LogP contribution in [-0.2, 0) is 4.79 Å². The van der Waals surface area contributed by atoms with Gasteiger partial charge in [0.1, 0.15) is 0 Å². The lowest BCUT2D eigenvalue weighted by Gasteiger charge is -2.29. The molecule has 0 aromatic heterocycles. The maximum Gasteiger partial charge on any atom is 0.224 e. The van der Waals surface area contributed by atoms with Gasteiger partial charge in [-0.15, -0.1) is 0 Å². The highest BCUT2D eigenvalue weighted by molar-refractivity contribution is 5.75. The monoisotopic (exact) mass is 222 g/mol. The number of carbonyl (C=O) groups is 1. The van der Waals surface area contributed by atoms with E-state index in [-0.39, 0.29) is 18.3 Å². The van der Waals surface area contributed by atoms with Gasteiger partial charge in [0.25, 0.3) is 0 Å². The third-order valence-corrected chi connectivity index (χ3v) is 2.01. The maximum absolute atomic E-state index is 11.2. The second-order valence-electron chi connectivity index (χ2n) is 4.17. The Bertz CT molecular complexity index is 160. The second-order valence-corrected chi connectivity index (χ2v) is 4.17. The Morgan fingerprint density at radius 1 is 1.21 bits per heavy atom. The van der Waals surface area contributed by atoms with Gasteiger partial charge in [0.15, 0.2) is 6.67 Å². The standard InChI is InChI=1S/C10H22N2O.ClH/c1-5-7-10(13)11-9-12(3,4)8-6-2;/h5-9H2,1-4H3;1H. The van der Waals surface area contributed by atoms with E-state index in [1.54, 1.807) is 0 Å². The fourth-order valence-electron chi connectivity index (χ4n) is 1.30. The SMILES string of the molecule is CCCC(=O)NC[N+](C)(C)CCC.[Cl-]. The number of hydrogen-bond donors (Lipinski definition) is 1. The molecule has 0 aromatic carbocycles. The van der Waals surface area contributed by atoms with E-state index in [2.05, 4.69) is 26.3 Å². The van der Waals surface area contributed by atoms with Gasteiger partial charge < -0.3 is 22.2 Å². The van der Waals surface area contributed by atoms with Crippen LogP contribution in [-0.4, -0.2) is 37.7 Å². The highest BCUT2D eigenvalue weighted by Gasteiger charge is 2.13. The molecule has 14 heavy (non-hydrogen) atoms. The molecule has 3 nitrogen and oxygen atoms in total. The second kappa shape index (κ2) is 8.06. The maximum atomic E-state index is 11.2. The summed E-state index contributed by atoms with van der Waals surface area (Å²) < 4.78 is 0.867. The zero-order valence-electron chi connectivity index (χ0n) is 9.77. The Kier molecular flexibility index (Phi) is 9.31. The lowest BCUT2D eigenvalue weighted by atomic mass is 10.3. The lowest BCUT2D eigenvalue weighted by Crippen LogP contribution is -3.00. The lowest BCUT2D eigenvalue weighted by molar-refractivity contribution is -0.892. The first-order chi connectivity index (χ1) is 6.02. The van der Waals surface area contributed by atoms with Crippen molar-refractivity contribution < 1.29 is 21.7 Å². The Balaban J connectivity index is 0. The summed E-state index contributed by atoms with van der Waals surface area (Å²) in [6.45, 7) is 6.03. The topological polar surface area (TPSA) is 29.1 Å². The molecule has 0 aliphatic rings. The van der Waals surface area contributed by atoms with Gasteiger partial charge in [-0.25, -0.2) is 0 Å². The summed E-state index contributed by atoms with van der Waals surface area (Å²) in [6, 6.07) is 0. The third kappa shape index (κ3) is 8.32. The van der Waals surface area contributed by atoms with Gasteiger partial charge in [0.2, 0.25) is 5.91 Å². The van der Waals surface area contributed by atoms with E-state index in [0.717, 1.165) is 30.5 Å². The van der Waals surface area contributed by atoms with Crippen LogP contribution in [0.4, 0.5) is 0 Å². The zero-order valence-corrected chi connectivity index (χ0v) is 10.5. The predicted molar refractivity (Wildman–Crippen MR) is 55.2 cm³/mol. The Morgan fingerprint density at radius 3 is 2.21 bits per heavy atom.